The summed E-state index contributed by atoms with van der Waals surface area (Å²) in [6.45, 7) is 12.3. The lowest BCUT2D eigenvalue weighted by atomic mass is 9.69. The first-order chi connectivity index (χ1) is 40.7. The molecule has 2 aliphatic rings. The Morgan fingerprint density at radius 1 is 0.674 bits per heavy atom. The van der Waals surface area contributed by atoms with E-state index in [2.05, 4.69) is 40.7 Å². The Kier molecular flexibility index (Phi) is 25.0. The third kappa shape index (κ3) is 19.2. The Balaban J connectivity index is 0.000000275. The first-order valence-corrected chi connectivity index (χ1v) is 29.1. The molecule has 0 saturated carbocycles. The third-order valence-electron chi connectivity index (χ3n) is 13.4. The molecule has 0 saturated heterocycles. The van der Waals surface area contributed by atoms with Gasteiger partial charge in [-0.2, -0.15) is 0 Å². The van der Waals surface area contributed by atoms with E-state index in [0.717, 1.165) is 53.6 Å². The molecule has 0 unspecified atom stereocenters. The SMILES string of the molecule is COC(=O)c1ccc(Oc2cc3c(cc2OCCOCCN)CCN[C@]3(C)CC(=O)Nc2nccs2)cc1F.COC(=O)c1ccc(Oc2cc3c(cc2OCCOCCNC(=O)OC(C)(C)C)CCC[C@]3(C)CC(=O)Nc2nccs2)cc1F.Cl. The van der Waals surface area contributed by atoms with E-state index in [1.807, 2.05) is 32.0 Å². The van der Waals surface area contributed by atoms with Crippen LogP contribution in [0, 0.1) is 11.6 Å². The van der Waals surface area contributed by atoms with Crippen LogP contribution in [0.5, 0.6) is 34.5 Å². The molecule has 2 aromatic heterocycles. The molecule has 1 aliphatic carbocycles. The van der Waals surface area contributed by atoms with E-state index in [-0.39, 0.29) is 92.7 Å². The Hall–Kier alpha value is -7.52. The van der Waals surface area contributed by atoms with Crippen molar-refractivity contribution in [2.45, 2.75) is 89.7 Å². The molecule has 0 bridgehead atoms. The van der Waals surface area contributed by atoms with Gasteiger partial charge in [0.05, 0.1) is 51.8 Å². The first kappa shape index (κ1) is 67.6. The van der Waals surface area contributed by atoms with Gasteiger partial charge in [0.15, 0.2) is 33.3 Å². The van der Waals surface area contributed by atoms with Gasteiger partial charge < -0.3 is 69.6 Å². The van der Waals surface area contributed by atoms with E-state index < -0.39 is 46.2 Å². The lowest BCUT2D eigenvalue weighted by molar-refractivity contribution is -0.118. The Morgan fingerprint density at radius 2 is 1.20 bits per heavy atom. The quantitative estimate of drug-likeness (QED) is 0.0203. The summed E-state index contributed by atoms with van der Waals surface area (Å²) in [5.41, 5.74) is 7.06. The molecule has 21 nitrogen and oxygen atoms in total. The molecule has 3 heterocycles. The summed E-state index contributed by atoms with van der Waals surface area (Å²) < 4.78 is 79.1. The van der Waals surface area contributed by atoms with E-state index in [0.29, 0.717) is 66.0 Å². The molecule has 3 amide bonds. The number of nitrogens with one attached hydrogen (secondary N) is 4. The normalized spacial score (nSPS) is 15.8. The number of benzene rings is 4. The van der Waals surface area contributed by atoms with Crippen LogP contribution >= 0.6 is 35.1 Å². The summed E-state index contributed by atoms with van der Waals surface area (Å²) in [5.74, 6) is -1.65. The van der Waals surface area contributed by atoms with Crippen LogP contribution in [-0.2, 0) is 57.1 Å². The summed E-state index contributed by atoms with van der Waals surface area (Å²) in [4.78, 5) is 69.6. The van der Waals surface area contributed by atoms with Crippen molar-refractivity contribution in [3.8, 4) is 34.5 Å². The number of anilines is 2. The molecule has 8 rings (SSSR count). The van der Waals surface area contributed by atoms with Crippen LogP contribution in [0.4, 0.5) is 23.8 Å². The second kappa shape index (κ2) is 31.7. The van der Waals surface area contributed by atoms with Gasteiger partial charge in [-0.15, -0.1) is 35.1 Å². The second-order valence-electron chi connectivity index (χ2n) is 21.1. The maximum atomic E-state index is 14.8. The van der Waals surface area contributed by atoms with Gasteiger partial charge in [-0.25, -0.2) is 33.1 Å². The summed E-state index contributed by atoms with van der Waals surface area (Å²) in [5, 5.41) is 16.4. The predicted octanol–water partition coefficient (Wildman–Crippen LogP) is 10.4. The van der Waals surface area contributed by atoms with E-state index in [1.165, 1.54) is 61.2 Å². The van der Waals surface area contributed by atoms with Crippen LogP contribution in [0.3, 0.4) is 0 Å². The van der Waals surface area contributed by atoms with Crippen LogP contribution in [0.25, 0.3) is 0 Å². The zero-order valence-corrected chi connectivity index (χ0v) is 51.3. The van der Waals surface area contributed by atoms with Gasteiger partial charge in [-0.05, 0) is 124 Å². The van der Waals surface area contributed by atoms with Crippen LogP contribution in [0.15, 0.2) is 83.8 Å². The molecule has 1 aliphatic heterocycles. The number of aryl methyl sites for hydroxylation is 1. The van der Waals surface area contributed by atoms with Crippen molar-refractivity contribution in [2.24, 2.45) is 5.73 Å². The number of thiazole rings is 2. The number of halogens is 3. The van der Waals surface area contributed by atoms with Crippen LogP contribution in [0.1, 0.15) is 103 Å². The molecule has 4 aromatic carbocycles. The Bertz CT molecular complexity index is 3260. The molecule has 6 N–H and O–H groups in total. The maximum absolute atomic E-state index is 14.8. The van der Waals surface area contributed by atoms with Gasteiger partial charge in [-0.1, -0.05) is 6.92 Å². The van der Waals surface area contributed by atoms with E-state index in [1.54, 1.807) is 50.0 Å². The highest BCUT2D eigenvalue weighted by molar-refractivity contribution is 7.14. The van der Waals surface area contributed by atoms with Gasteiger partial charge in [0, 0.05) is 78.7 Å². The summed E-state index contributed by atoms with van der Waals surface area (Å²) in [6.07, 6.45) is 6.26. The van der Waals surface area contributed by atoms with Crippen molar-refractivity contribution >= 4 is 75.2 Å². The van der Waals surface area contributed by atoms with Crippen molar-refractivity contribution in [3.05, 3.63) is 129 Å². The number of nitrogens with zero attached hydrogens (tertiary/aromatic N) is 2. The van der Waals surface area contributed by atoms with Crippen molar-refractivity contribution in [3.63, 3.8) is 0 Å². The average molecular weight is 1250 g/mol. The molecular weight excluding hydrogens is 1180 g/mol. The fraction of sp³-hybridized carbons (Fsp3) is 0.417. The number of nitrogens with two attached hydrogens (primary N) is 1. The van der Waals surface area contributed by atoms with Crippen molar-refractivity contribution in [2.75, 3.05) is 84.1 Å². The number of aromatic nitrogens is 2. The van der Waals surface area contributed by atoms with Crippen LogP contribution in [-0.4, -0.2) is 119 Å². The molecule has 6 aromatic rings. The minimum Gasteiger partial charge on any atom is -0.487 e. The number of hydrogen-bond acceptors (Lipinski definition) is 20. The average Bonchev–Trinajstić information content (AvgIpc) is 4.15. The van der Waals surface area contributed by atoms with Gasteiger partial charge >= 0.3 is 18.0 Å². The lowest BCUT2D eigenvalue weighted by Gasteiger charge is -2.37. The number of hydrogen-bond donors (Lipinski definition) is 5. The van der Waals surface area contributed by atoms with Crippen molar-refractivity contribution in [1.82, 2.24) is 20.6 Å². The standard InChI is InChI=1S/C33H40FN3O8S.C27H31FN4O6S.ClH/c1-32(2,3)45-31(40)36-11-13-42-14-15-43-26-17-21-7-6-10-33(4,20-28(38)37-30-35-12-16-46-30)24(21)19-27(26)44-22-8-9-23(25(34)18-22)29(39)41-5;1-27(16-24(33)32-26-30-8-12-39-26)20-15-23(38-18-3-4-19(21(28)14-18)25(34)35-2)22(13-17(20)5-7-31-27)37-11-10-36-9-6-29;/h8-9,12,16-19H,6-7,10-11,13-15,20H2,1-5H3,(H,36,40)(H,35,37,38);3-4,8,12-15,31H,5-7,9-11,16,29H2,1-2H3,(H,30,32,33);1H/t33-;27-;/m11./s1. The lowest BCUT2D eigenvalue weighted by Crippen LogP contribution is -2.47. The Morgan fingerprint density at radius 3 is 1.70 bits per heavy atom. The van der Waals surface area contributed by atoms with Crippen LogP contribution in [0.2, 0.25) is 0 Å². The number of ether oxygens (including phenoxy) is 9. The molecule has 86 heavy (non-hydrogen) atoms. The number of alkyl carbamates (subject to hydrolysis) is 1. The van der Waals surface area contributed by atoms with E-state index in [9.17, 15) is 32.8 Å². The predicted molar refractivity (Wildman–Crippen MR) is 322 cm³/mol. The molecule has 0 radical (unpaired) electrons. The fourth-order valence-electron chi connectivity index (χ4n) is 9.54. The number of carbonyl (C=O) groups is 5. The maximum Gasteiger partial charge on any atom is 0.407 e. The number of amides is 3. The molecule has 0 fully saturated rings. The molecule has 464 valence electrons. The number of methoxy groups -OCH3 is 2. The monoisotopic (exact) mass is 1250 g/mol. The molecule has 2 atom stereocenters. The van der Waals surface area contributed by atoms with E-state index in [4.69, 9.17) is 38.9 Å². The second-order valence-corrected chi connectivity index (χ2v) is 22.9. The zero-order valence-electron chi connectivity index (χ0n) is 48.9. The molecule has 0 spiro atoms. The highest BCUT2D eigenvalue weighted by Gasteiger charge is 2.37. The van der Waals surface area contributed by atoms with Crippen LogP contribution < -0.4 is 45.9 Å². The minimum atomic E-state index is -0.796. The highest BCUT2D eigenvalue weighted by Crippen LogP contribution is 2.46. The van der Waals surface area contributed by atoms with Crippen molar-refractivity contribution < 1.29 is 75.4 Å². The van der Waals surface area contributed by atoms with Gasteiger partial charge in [0.2, 0.25) is 11.8 Å². The summed E-state index contributed by atoms with van der Waals surface area (Å²) >= 11 is 2.70. The van der Waals surface area contributed by atoms with E-state index >= 15 is 0 Å². The highest BCUT2D eigenvalue weighted by atomic mass is 35.5. The van der Waals surface area contributed by atoms with Gasteiger partial charge in [-0.3, -0.25) is 9.59 Å². The van der Waals surface area contributed by atoms with Crippen molar-refractivity contribution in [1.29, 1.82) is 0 Å². The molecular formula is C60H72ClF2N7O14S2. The fourth-order valence-corrected chi connectivity index (χ4v) is 10.6. The number of fused-ring (bicyclic) bond motifs is 2. The Labute approximate surface area is 511 Å². The number of esters is 2. The largest absolute Gasteiger partial charge is 0.487 e. The minimum absolute atomic E-state index is 0. The topological polar surface area (TPSA) is 268 Å². The third-order valence-corrected chi connectivity index (χ3v) is 14.8. The zero-order chi connectivity index (χ0) is 61.2. The smallest absolute Gasteiger partial charge is 0.407 e. The first-order valence-electron chi connectivity index (χ1n) is 27.4. The van der Waals surface area contributed by atoms with Gasteiger partial charge in [0.1, 0.15) is 41.9 Å². The number of rotatable bonds is 25. The van der Waals surface area contributed by atoms with Gasteiger partial charge in [0.25, 0.3) is 0 Å². The number of carbonyl (C=O) groups excluding carboxylic acids is 5. The summed E-state index contributed by atoms with van der Waals surface area (Å²) in [7, 11) is 2.36. The summed E-state index contributed by atoms with van der Waals surface area (Å²) in [6, 6.07) is 15.2. The molecule has 26 heteroatoms.